The number of amides is 2. The zero-order valence-corrected chi connectivity index (χ0v) is 15.0. The van der Waals surface area contributed by atoms with Crippen LogP contribution in [-0.2, 0) is 20.8 Å². The van der Waals surface area contributed by atoms with Crippen molar-refractivity contribution in [3.8, 4) is 0 Å². The van der Waals surface area contributed by atoms with Gasteiger partial charge in [0, 0.05) is 43.5 Å². The summed E-state index contributed by atoms with van der Waals surface area (Å²) in [4.78, 5) is 40.3. The number of fused-ring (bicyclic) bond motifs is 1. The maximum absolute atomic E-state index is 13.4. The van der Waals surface area contributed by atoms with Crippen LogP contribution in [-0.4, -0.2) is 51.9 Å². The Morgan fingerprint density at radius 1 is 1.41 bits per heavy atom. The summed E-state index contributed by atoms with van der Waals surface area (Å²) in [5.74, 6) is -2.50. The van der Waals surface area contributed by atoms with E-state index in [2.05, 4.69) is 10.3 Å². The van der Waals surface area contributed by atoms with Crippen LogP contribution >= 0.6 is 0 Å². The Hall–Kier alpha value is -2.90. The molecule has 3 rings (SSSR count). The predicted octanol–water partition coefficient (Wildman–Crippen LogP) is 1.68. The van der Waals surface area contributed by atoms with Crippen molar-refractivity contribution < 1.29 is 23.9 Å². The van der Waals surface area contributed by atoms with E-state index in [9.17, 15) is 23.9 Å². The van der Waals surface area contributed by atoms with Gasteiger partial charge in [0.05, 0.1) is 5.92 Å². The molecule has 0 aliphatic carbocycles. The topological polar surface area (TPSA) is 103 Å². The van der Waals surface area contributed by atoms with Crippen LogP contribution < -0.4 is 5.32 Å². The largest absolute Gasteiger partial charge is 0.481 e. The van der Waals surface area contributed by atoms with Crippen LogP contribution in [0.2, 0.25) is 0 Å². The second kappa shape index (κ2) is 7.77. The van der Waals surface area contributed by atoms with Crippen molar-refractivity contribution >= 4 is 28.7 Å². The van der Waals surface area contributed by atoms with E-state index in [1.807, 2.05) is 0 Å². The third-order valence-electron chi connectivity index (χ3n) is 4.91. The summed E-state index contributed by atoms with van der Waals surface area (Å²) < 4.78 is 13.4. The van der Waals surface area contributed by atoms with Crippen LogP contribution in [0.1, 0.15) is 25.3 Å². The van der Waals surface area contributed by atoms with Crippen molar-refractivity contribution in [2.75, 3.05) is 13.1 Å². The third kappa shape index (κ3) is 4.27. The highest BCUT2D eigenvalue weighted by Gasteiger charge is 2.32. The standard InChI is InChI=1S/C19H22FN3O4/c1-11(24)22-17(18(25)23-6-2-3-12(10-23)19(26)27)7-13-9-21-16-8-14(20)4-5-15(13)16/h4-5,8-9,12,17,21H,2-3,6-7,10H2,1H3,(H,22,24)(H,26,27)/t12-,17+/m1/s1. The van der Waals surface area contributed by atoms with Crippen LogP contribution in [0, 0.1) is 11.7 Å². The Kier molecular flexibility index (Phi) is 5.43. The molecule has 1 aromatic heterocycles. The van der Waals surface area contributed by atoms with Crippen molar-refractivity contribution in [1.82, 2.24) is 15.2 Å². The van der Waals surface area contributed by atoms with Gasteiger partial charge in [-0.3, -0.25) is 14.4 Å². The molecule has 1 fully saturated rings. The van der Waals surface area contributed by atoms with Crippen LogP contribution in [0.3, 0.4) is 0 Å². The number of benzene rings is 1. The lowest BCUT2D eigenvalue weighted by molar-refractivity contribution is -0.146. The lowest BCUT2D eigenvalue weighted by atomic mass is 9.96. The van der Waals surface area contributed by atoms with Gasteiger partial charge in [0.15, 0.2) is 0 Å². The smallest absolute Gasteiger partial charge is 0.308 e. The Morgan fingerprint density at radius 3 is 2.89 bits per heavy atom. The van der Waals surface area contributed by atoms with Gasteiger partial charge in [0.25, 0.3) is 0 Å². The number of hydrogen-bond donors (Lipinski definition) is 3. The molecule has 1 aromatic carbocycles. The SMILES string of the molecule is CC(=O)N[C@@H](Cc1c[nH]c2cc(F)ccc12)C(=O)N1CCC[C@@H](C(=O)O)C1. The molecule has 3 N–H and O–H groups in total. The molecule has 2 atom stereocenters. The molecule has 8 heteroatoms. The molecule has 0 bridgehead atoms. The number of halogens is 1. The zero-order valence-electron chi connectivity index (χ0n) is 15.0. The van der Waals surface area contributed by atoms with Crippen molar-refractivity contribution in [2.24, 2.45) is 5.92 Å². The molecule has 27 heavy (non-hydrogen) atoms. The number of carboxylic acid groups (broad SMARTS) is 1. The number of nitrogens with one attached hydrogen (secondary N) is 2. The summed E-state index contributed by atoms with van der Waals surface area (Å²) >= 11 is 0. The summed E-state index contributed by atoms with van der Waals surface area (Å²) in [5.41, 5.74) is 1.40. The molecule has 0 radical (unpaired) electrons. The second-order valence-electron chi connectivity index (χ2n) is 6.92. The van der Waals surface area contributed by atoms with Crippen LogP contribution in [0.15, 0.2) is 24.4 Å². The summed E-state index contributed by atoms with van der Waals surface area (Å²) in [6, 6.07) is 3.54. The van der Waals surface area contributed by atoms with Gasteiger partial charge in [-0.25, -0.2) is 4.39 Å². The summed E-state index contributed by atoms with van der Waals surface area (Å²) in [6.45, 7) is 1.95. The first kappa shape index (κ1) is 18.9. The number of aromatic amines is 1. The van der Waals surface area contributed by atoms with Crippen LogP contribution in [0.4, 0.5) is 4.39 Å². The highest BCUT2D eigenvalue weighted by atomic mass is 19.1. The number of nitrogens with zero attached hydrogens (tertiary/aromatic N) is 1. The monoisotopic (exact) mass is 375 g/mol. The fraction of sp³-hybridized carbons (Fsp3) is 0.421. The quantitative estimate of drug-likeness (QED) is 0.740. The summed E-state index contributed by atoms with van der Waals surface area (Å²) in [7, 11) is 0. The molecule has 1 saturated heterocycles. The molecular weight excluding hydrogens is 353 g/mol. The Morgan fingerprint density at radius 2 is 2.19 bits per heavy atom. The lowest BCUT2D eigenvalue weighted by Gasteiger charge is -2.33. The number of aromatic nitrogens is 1. The van der Waals surface area contributed by atoms with Crippen molar-refractivity contribution in [2.45, 2.75) is 32.2 Å². The van der Waals surface area contributed by atoms with E-state index in [-0.39, 0.29) is 30.6 Å². The van der Waals surface area contributed by atoms with E-state index in [4.69, 9.17) is 0 Å². The van der Waals surface area contributed by atoms with Gasteiger partial charge < -0.3 is 20.3 Å². The fourth-order valence-electron chi connectivity index (χ4n) is 3.59. The molecule has 0 spiro atoms. The summed E-state index contributed by atoms with van der Waals surface area (Å²) in [6.07, 6.45) is 3.08. The Balaban J connectivity index is 1.81. The number of hydrogen-bond acceptors (Lipinski definition) is 3. The molecule has 2 heterocycles. The normalized spacial score (nSPS) is 18.3. The van der Waals surface area contributed by atoms with Gasteiger partial charge in [-0.15, -0.1) is 0 Å². The minimum Gasteiger partial charge on any atom is -0.481 e. The first-order valence-electron chi connectivity index (χ1n) is 8.89. The van der Waals surface area contributed by atoms with Crippen LogP contribution in [0.5, 0.6) is 0 Å². The van der Waals surface area contributed by atoms with E-state index in [0.29, 0.717) is 24.9 Å². The zero-order chi connectivity index (χ0) is 19.6. The van der Waals surface area contributed by atoms with Gasteiger partial charge in [-0.1, -0.05) is 0 Å². The molecule has 7 nitrogen and oxygen atoms in total. The van der Waals surface area contributed by atoms with Crippen molar-refractivity contribution in [3.63, 3.8) is 0 Å². The van der Waals surface area contributed by atoms with E-state index < -0.39 is 17.9 Å². The first-order valence-corrected chi connectivity index (χ1v) is 8.89. The first-order chi connectivity index (χ1) is 12.8. The van der Waals surface area contributed by atoms with E-state index in [1.165, 1.54) is 24.0 Å². The average molecular weight is 375 g/mol. The minimum absolute atomic E-state index is 0.142. The predicted molar refractivity (Wildman–Crippen MR) is 96.5 cm³/mol. The Labute approximate surface area is 155 Å². The van der Waals surface area contributed by atoms with Gasteiger partial charge in [0.2, 0.25) is 11.8 Å². The average Bonchev–Trinajstić information content (AvgIpc) is 3.02. The van der Waals surface area contributed by atoms with Crippen molar-refractivity contribution in [1.29, 1.82) is 0 Å². The molecule has 2 aromatic rings. The van der Waals surface area contributed by atoms with E-state index in [0.717, 1.165) is 10.9 Å². The van der Waals surface area contributed by atoms with Gasteiger partial charge in [-0.05, 0) is 36.6 Å². The Bertz CT molecular complexity index is 879. The number of carbonyl (C=O) groups excluding carboxylic acids is 2. The molecule has 0 unspecified atom stereocenters. The molecule has 1 aliphatic rings. The summed E-state index contributed by atoms with van der Waals surface area (Å²) in [5, 5.41) is 12.7. The highest BCUT2D eigenvalue weighted by molar-refractivity contribution is 5.89. The maximum atomic E-state index is 13.4. The van der Waals surface area contributed by atoms with Crippen molar-refractivity contribution in [3.05, 3.63) is 35.8 Å². The van der Waals surface area contributed by atoms with E-state index in [1.54, 1.807) is 12.3 Å². The molecule has 1 aliphatic heterocycles. The van der Waals surface area contributed by atoms with Gasteiger partial charge in [0.1, 0.15) is 11.9 Å². The number of carbonyl (C=O) groups is 3. The second-order valence-corrected chi connectivity index (χ2v) is 6.92. The number of H-pyrrole nitrogens is 1. The molecule has 0 saturated carbocycles. The molecule has 144 valence electrons. The van der Waals surface area contributed by atoms with Gasteiger partial charge >= 0.3 is 5.97 Å². The van der Waals surface area contributed by atoms with E-state index >= 15 is 0 Å². The number of carboxylic acids is 1. The third-order valence-corrected chi connectivity index (χ3v) is 4.91. The van der Waals surface area contributed by atoms with Crippen LogP contribution in [0.25, 0.3) is 10.9 Å². The fourth-order valence-corrected chi connectivity index (χ4v) is 3.59. The van der Waals surface area contributed by atoms with Gasteiger partial charge in [-0.2, -0.15) is 0 Å². The number of piperidine rings is 1. The number of likely N-dealkylation sites (tertiary alicyclic amines) is 1. The molecular formula is C19H22FN3O4. The number of aliphatic carboxylic acids is 1. The lowest BCUT2D eigenvalue weighted by Crippen LogP contribution is -2.52. The highest BCUT2D eigenvalue weighted by Crippen LogP contribution is 2.22. The maximum Gasteiger partial charge on any atom is 0.308 e. The molecule has 2 amide bonds. The number of rotatable bonds is 5. The minimum atomic E-state index is -0.915.